The van der Waals surface area contributed by atoms with Crippen LogP contribution in [0.25, 0.3) is 5.57 Å². The van der Waals surface area contributed by atoms with Gasteiger partial charge in [-0.3, -0.25) is 4.79 Å². The summed E-state index contributed by atoms with van der Waals surface area (Å²) in [7, 11) is 0. The first-order valence-corrected chi connectivity index (χ1v) is 7.28. The van der Waals surface area contributed by atoms with Gasteiger partial charge in [0, 0.05) is 11.8 Å². The Morgan fingerprint density at radius 3 is 2.80 bits per heavy atom. The molecular weight excluding hydrogens is 276 g/mol. The second kappa shape index (κ2) is 4.77. The molecule has 20 heavy (non-hydrogen) atoms. The van der Waals surface area contributed by atoms with Gasteiger partial charge in [-0.05, 0) is 43.7 Å². The molecule has 0 atom stereocenters. The second-order valence-corrected chi connectivity index (χ2v) is 6.14. The molecule has 0 unspecified atom stereocenters. The van der Waals surface area contributed by atoms with Gasteiger partial charge in [0.05, 0.1) is 11.1 Å². The Balaban J connectivity index is 2.04. The fourth-order valence-electron chi connectivity index (χ4n) is 3.12. The number of carbonyl (C=O) groups excluding carboxylic acids is 1. The molecule has 2 heterocycles. The molecule has 2 aliphatic rings. The fraction of sp³-hybridized carbons (Fsp3) is 0.467. The van der Waals surface area contributed by atoms with E-state index in [4.69, 9.17) is 11.6 Å². The van der Waals surface area contributed by atoms with Gasteiger partial charge >= 0.3 is 0 Å². The maximum absolute atomic E-state index is 12.3. The number of aliphatic hydroxyl groups excluding tert-OH is 1. The molecule has 1 spiro atoms. The van der Waals surface area contributed by atoms with Gasteiger partial charge in [-0.1, -0.05) is 18.5 Å². The van der Waals surface area contributed by atoms with Gasteiger partial charge in [-0.15, -0.1) is 0 Å². The predicted octanol–water partition coefficient (Wildman–Crippen LogP) is 3.08. The van der Waals surface area contributed by atoms with Crippen LogP contribution in [-0.2, 0) is 4.79 Å². The van der Waals surface area contributed by atoms with Crippen LogP contribution in [0.1, 0.15) is 38.2 Å². The Hall–Kier alpha value is -1.55. The summed E-state index contributed by atoms with van der Waals surface area (Å²) in [5.41, 5.74) is 0.176. The first kappa shape index (κ1) is 13.4. The van der Waals surface area contributed by atoms with Crippen LogP contribution in [0.2, 0.25) is 5.15 Å². The van der Waals surface area contributed by atoms with Crippen molar-refractivity contribution in [1.29, 1.82) is 0 Å². The number of hydrogen-bond acceptors (Lipinski definition) is 3. The molecule has 2 N–H and O–H groups in total. The van der Waals surface area contributed by atoms with Crippen LogP contribution in [0, 0.1) is 5.92 Å². The summed E-state index contributed by atoms with van der Waals surface area (Å²) >= 11 is 6.05. The van der Waals surface area contributed by atoms with Crippen LogP contribution in [0.4, 0.5) is 0 Å². The number of carbonyl (C=O) groups is 1. The standard InChI is InChI=1S/C15H17ClN2O2/c1-9-4-6-15(7-5-9)12(19)11(14(20)18-15)10-3-2-8-17-13(10)16/h2-3,8-9,19H,4-7H2,1H3,(H,18,20). The molecule has 0 aromatic carbocycles. The third-order valence-corrected chi connectivity index (χ3v) is 4.73. The van der Waals surface area contributed by atoms with Crippen molar-refractivity contribution in [3.8, 4) is 0 Å². The van der Waals surface area contributed by atoms with Crippen LogP contribution in [0.5, 0.6) is 0 Å². The molecule has 1 aliphatic heterocycles. The summed E-state index contributed by atoms with van der Waals surface area (Å²) in [6.45, 7) is 2.20. The molecule has 3 rings (SSSR count). The SMILES string of the molecule is CC1CCC2(CC1)NC(=O)C(c1cccnc1Cl)=C2O. The minimum atomic E-state index is -0.599. The quantitative estimate of drug-likeness (QED) is 0.782. The maximum atomic E-state index is 12.3. The van der Waals surface area contributed by atoms with E-state index in [9.17, 15) is 9.90 Å². The third-order valence-electron chi connectivity index (χ3n) is 4.43. The van der Waals surface area contributed by atoms with E-state index in [2.05, 4.69) is 17.2 Å². The van der Waals surface area contributed by atoms with E-state index in [1.54, 1.807) is 18.3 Å². The largest absolute Gasteiger partial charge is 0.509 e. The highest BCUT2D eigenvalue weighted by Crippen LogP contribution is 2.43. The van der Waals surface area contributed by atoms with Crippen LogP contribution >= 0.6 is 11.6 Å². The Morgan fingerprint density at radius 2 is 2.15 bits per heavy atom. The van der Waals surface area contributed by atoms with Gasteiger partial charge < -0.3 is 10.4 Å². The second-order valence-electron chi connectivity index (χ2n) is 5.78. The molecule has 1 saturated carbocycles. The van der Waals surface area contributed by atoms with Crippen LogP contribution in [-0.4, -0.2) is 21.5 Å². The summed E-state index contributed by atoms with van der Waals surface area (Å²) in [5.74, 6) is 0.507. The molecule has 0 radical (unpaired) electrons. The zero-order valence-electron chi connectivity index (χ0n) is 11.3. The van der Waals surface area contributed by atoms with Gasteiger partial charge in [0.25, 0.3) is 5.91 Å². The molecule has 1 aromatic heterocycles. The first-order valence-electron chi connectivity index (χ1n) is 6.90. The number of halogens is 1. The molecule has 1 fully saturated rings. The molecule has 1 aromatic rings. The van der Waals surface area contributed by atoms with E-state index in [-0.39, 0.29) is 22.4 Å². The number of rotatable bonds is 1. The average molecular weight is 293 g/mol. The van der Waals surface area contributed by atoms with Crippen LogP contribution in [0.15, 0.2) is 24.1 Å². The minimum absolute atomic E-state index is 0.129. The number of aromatic nitrogens is 1. The van der Waals surface area contributed by atoms with E-state index < -0.39 is 5.54 Å². The Labute approximate surface area is 122 Å². The number of nitrogens with one attached hydrogen (secondary N) is 1. The molecule has 1 amide bonds. The highest BCUT2D eigenvalue weighted by Gasteiger charge is 2.47. The topological polar surface area (TPSA) is 62.2 Å². The van der Waals surface area contributed by atoms with Gasteiger partial charge in [-0.25, -0.2) is 4.98 Å². The van der Waals surface area contributed by atoms with Gasteiger partial charge in [0.2, 0.25) is 0 Å². The summed E-state index contributed by atoms with van der Waals surface area (Å²) in [5, 5.41) is 13.8. The zero-order chi connectivity index (χ0) is 14.3. The van der Waals surface area contributed by atoms with Crippen molar-refractivity contribution < 1.29 is 9.90 Å². The average Bonchev–Trinajstić information content (AvgIpc) is 2.66. The summed E-state index contributed by atoms with van der Waals surface area (Å²) < 4.78 is 0. The summed E-state index contributed by atoms with van der Waals surface area (Å²) in [6, 6.07) is 3.42. The van der Waals surface area contributed by atoms with E-state index >= 15 is 0 Å². The van der Waals surface area contributed by atoms with Crippen molar-refractivity contribution in [3.05, 3.63) is 34.8 Å². The van der Waals surface area contributed by atoms with E-state index in [1.807, 2.05) is 0 Å². The molecular formula is C15H17ClN2O2. The van der Waals surface area contributed by atoms with Gasteiger partial charge in [-0.2, -0.15) is 0 Å². The molecule has 1 aliphatic carbocycles. The molecule has 5 heteroatoms. The van der Waals surface area contributed by atoms with E-state index in [0.29, 0.717) is 11.5 Å². The van der Waals surface area contributed by atoms with E-state index in [1.165, 1.54) is 0 Å². The number of nitrogens with zero attached hydrogens (tertiary/aromatic N) is 1. The fourth-order valence-corrected chi connectivity index (χ4v) is 3.34. The normalized spacial score (nSPS) is 29.9. The number of amides is 1. The Morgan fingerprint density at radius 1 is 1.45 bits per heavy atom. The van der Waals surface area contributed by atoms with Gasteiger partial charge in [0.1, 0.15) is 10.9 Å². The van der Waals surface area contributed by atoms with Crippen molar-refractivity contribution in [2.24, 2.45) is 5.92 Å². The lowest BCUT2D eigenvalue weighted by molar-refractivity contribution is -0.116. The van der Waals surface area contributed by atoms with Crippen LogP contribution in [0.3, 0.4) is 0 Å². The molecule has 4 nitrogen and oxygen atoms in total. The molecule has 0 saturated heterocycles. The minimum Gasteiger partial charge on any atom is -0.509 e. The molecule has 0 bridgehead atoms. The van der Waals surface area contributed by atoms with Crippen molar-refractivity contribution in [2.75, 3.05) is 0 Å². The number of aliphatic hydroxyl groups is 1. The Bertz CT molecular complexity index is 589. The summed E-state index contributed by atoms with van der Waals surface area (Å²) in [6.07, 6.45) is 5.10. The van der Waals surface area contributed by atoms with Crippen molar-refractivity contribution in [2.45, 2.75) is 38.1 Å². The van der Waals surface area contributed by atoms with Crippen molar-refractivity contribution in [3.63, 3.8) is 0 Å². The maximum Gasteiger partial charge on any atom is 0.256 e. The smallest absolute Gasteiger partial charge is 0.256 e. The van der Waals surface area contributed by atoms with Gasteiger partial charge in [0.15, 0.2) is 0 Å². The van der Waals surface area contributed by atoms with Crippen LogP contribution < -0.4 is 5.32 Å². The zero-order valence-corrected chi connectivity index (χ0v) is 12.1. The van der Waals surface area contributed by atoms with Crippen molar-refractivity contribution in [1.82, 2.24) is 10.3 Å². The monoisotopic (exact) mass is 292 g/mol. The third kappa shape index (κ3) is 1.99. The predicted molar refractivity (Wildman–Crippen MR) is 77.3 cm³/mol. The number of hydrogen-bond donors (Lipinski definition) is 2. The lowest BCUT2D eigenvalue weighted by Crippen LogP contribution is -2.47. The van der Waals surface area contributed by atoms with Crippen molar-refractivity contribution >= 4 is 23.1 Å². The number of pyridine rings is 1. The Kier molecular flexibility index (Phi) is 3.21. The highest BCUT2D eigenvalue weighted by atomic mass is 35.5. The van der Waals surface area contributed by atoms with E-state index in [0.717, 1.165) is 25.7 Å². The first-order chi connectivity index (χ1) is 9.53. The lowest BCUT2D eigenvalue weighted by atomic mass is 9.76. The summed E-state index contributed by atoms with van der Waals surface area (Å²) in [4.78, 5) is 16.3. The lowest BCUT2D eigenvalue weighted by Gasteiger charge is -2.36. The highest BCUT2D eigenvalue weighted by molar-refractivity contribution is 6.34. The molecule has 106 valence electrons.